The second-order valence-electron chi connectivity index (χ2n) is 5.44. The van der Waals surface area contributed by atoms with Crippen molar-refractivity contribution in [2.24, 2.45) is 0 Å². The van der Waals surface area contributed by atoms with Gasteiger partial charge in [-0.1, -0.05) is 12.1 Å². The van der Waals surface area contributed by atoms with Gasteiger partial charge in [-0.15, -0.1) is 0 Å². The molecule has 2 aromatic carbocycles. The average molecular weight is 325 g/mol. The first-order valence-corrected chi connectivity index (χ1v) is 7.85. The maximum Gasteiger partial charge on any atom is 0.247 e. The Morgan fingerprint density at radius 1 is 1.12 bits per heavy atom. The number of anilines is 3. The molecular formula is C18H19N3O3. The van der Waals surface area contributed by atoms with Gasteiger partial charge in [-0.2, -0.15) is 0 Å². The summed E-state index contributed by atoms with van der Waals surface area (Å²) in [7, 11) is 0. The molecule has 0 aliphatic carbocycles. The lowest BCUT2D eigenvalue weighted by Gasteiger charge is -2.26. The van der Waals surface area contributed by atoms with Gasteiger partial charge in [0.15, 0.2) is 0 Å². The van der Waals surface area contributed by atoms with Crippen LogP contribution in [-0.2, 0) is 9.59 Å². The second kappa shape index (κ2) is 7.04. The minimum atomic E-state index is -0.595. The molecule has 1 aliphatic heterocycles. The van der Waals surface area contributed by atoms with Crippen LogP contribution >= 0.6 is 0 Å². The Hall–Kier alpha value is -3.02. The van der Waals surface area contributed by atoms with Crippen molar-refractivity contribution in [3.63, 3.8) is 0 Å². The summed E-state index contributed by atoms with van der Waals surface area (Å²) in [5.74, 6) is 0.308. The number of hydrogen-bond acceptors (Lipinski definition) is 4. The summed E-state index contributed by atoms with van der Waals surface area (Å²) in [5.41, 5.74) is 2.21. The molecule has 1 heterocycles. The first kappa shape index (κ1) is 15.9. The number of amides is 2. The lowest BCUT2D eigenvalue weighted by molar-refractivity contribution is -0.122. The van der Waals surface area contributed by atoms with Gasteiger partial charge in [0.1, 0.15) is 11.8 Å². The van der Waals surface area contributed by atoms with Crippen molar-refractivity contribution < 1.29 is 14.3 Å². The summed E-state index contributed by atoms with van der Waals surface area (Å²) in [4.78, 5) is 24.3. The van der Waals surface area contributed by atoms with E-state index in [2.05, 4.69) is 16.0 Å². The molecule has 0 radical (unpaired) electrons. The minimum absolute atomic E-state index is 0.0490. The van der Waals surface area contributed by atoms with E-state index in [4.69, 9.17) is 4.74 Å². The Morgan fingerprint density at radius 2 is 1.83 bits per heavy atom. The first-order valence-electron chi connectivity index (χ1n) is 7.85. The Morgan fingerprint density at radius 3 is 2.54 bits per heavy atom. The molecule has 0 spiro atoms. The van der Waals surface area contributed by atoms with Crippen molar-refractivity contribution in [3.8, 4) is 5.75 Å². The maximum absolute atomic E-state index is 12.2. The molecule has 3 rings (SSSR count). The molecule has 124 valence electrons. The number of rotatable bonds is 5. The van der Waals surface area contributed by atoms with Gasteiger partial charge in [0.2, 0.25) is 11.8 Å². The van der Waals surface area contributed by atoms with Gasteiger partial charge in [0.05, 0.1) is 24.4 Å². The molecule has 6 heteroatoms. The quantitative estimate of drug-likeness (QED) is 0.790. The molecule has 3 N–H and O–H groups in total. The minimum Gasteiger partial charge on any atom is -0.494 e. The Labute approximate surface area is 140 Å². The zero-order valence-corrected chi connectivity index (χ0v) is 13.3. The standard InChI is InChI=1S/C18H19N3O3/c1-2-24-13-9-7-12(8-10-13)19-17(22)11-16-18(23)21-15-6-4-3-5-14(15)20-16/h3-10,16,20H,2,11H2,1H3,(H,19,22)(H,21,23)/t16-/m0/s1. The second-order valence-corrected chi connectivity index (χ2v) is 5.44. The molecule has 0 fully saturated rings. The van der Waals surface area contributed by atoms with E-state index in [9.17, 15) is 9.59 Å². The number of hydrogen-bond donors (Lipinski definition) is 3. The summed E-state index contributed by atoms with van der Waals surface area (Å²) in [5, 5.41) is 8.69. The highest BCUT2D eigenvalue weighted by Crippen LogP contribution is 2.26. The highest BCUT2D eigenvalue weighted by atomic mass is 16.5. The zero-order chi connectivity index (χ0) is 16.9. The predicted molar refractivity (Wildman–Crippen MR) is 93.3 cm³/mol. The summed E-state index contributed by atoms with van der Waals surface area (Å²) in [6, 6.07) is 13.9. The zero-order valence-electron chi connectivity index (χ0n) is 13.3. The third-order valence-electron chi connectivity index (χ3n) is 3.67. The topological polar surface area (TPSA) is 79.5 Å². The van der Waals surface area contributed by atoms with Gasteiger partial charge in [-0.25, -0.2) is 0 Å². The van der Waals surface area contributed by atoms with E-state index in [1.54, 1.807) is 24.3 Å². The first-order chi connectivity index (χ1) is 11.7. The van der Waals surface area contributed by atoms with Gasteiger partial charge in [-0.3, -0.25) is 9.59 Å². The van der Waals surface area contributed by atoms with Gasteiger partial charge >= 0.3 is 0 Å². The van der Waals surface area contributed by atoms with Crippen molar-refractivity contribution in [1.29, 1.82) is 0 Å². The summed E-state index contributed by atoms with van der Waals surface area (Å²) < 4.78 is 5.36. The average Bonchev–Trinajstić information content (AvgIpc) is 2.57. The van der Waals surface area contributed by atoms with Crippen molar-refractivity contribution in [3.05, 3.63) is 48.5 Å². The Kier molecular flexibility index (Phi) is 4.65. The van der Waals surface area contributed by atoms with Crippen LogP contribution in [0.25, 0.3) is 0 Å². The fourth-order valence-corrected chi connectivity index (χ4v) is 2.53. The van der Waals surface area contributed by atoms with Gasteiger partial charge in [-0.05, 0) is 43.3 Å². The normalized spacial score (nSPS) is 15.7. The van der Waals surface area contributed by atoms with Crippen LogP contribution in [0.2, 0.25) is 0 Å². The third kappa shape index (κ3) is 3.65. The molecule has 0 unspecified atom stereocenters. The third-order valence-corrected chi connectivity index (χ3v) is 3.67. The largest absolute Gasteiger partial charge is 0.494 e. The fourth-order valence-electron chi connectivity index (χ4n) is 2.53. The fraction of sp³-hybridized carbons (Fsp3) is 0.222. The van der Waals surface area contributed by atoms with Crippen LogP contribution in [0.1, 0.15) is 13.3 Å². The Balaban J connectivity index is 1.60. The predicted octanol–water partition coefficient (Wildman–Crippen LogP) is 2.85. The van der Waals surface area contributed by atoms with Crippen LogP contribution < -0.4 is 20.7 Å². The van der Waals surface area contributed by atoms with E-state index in [0.717, 1.165) is 17.1 Å². The van der Waals surface area contributed by atoms with E-state index < -0.39 is 6.04 Å². The molecule has 2 aromatic rings. The molecule has 1 atom stereocenters. The highest BCUT2D eigenvalue weighted by molar-refractivity contribution is 6.06. The van der Waals surface area contributed by atoms with E-state index in [1.807, 2.05) is 31.2 Å². The number of carbonyl (C=O) groups excluding carboxylic acids is 2. The lowest BCUT2D eigenvalue weighted by atomic mass is 10.1. The Bertz CT molecular complexity index is 743. The molecule has 24 heavy (non-hydrogen) atoms. The van der Waals surface area contributed by atoms with Crippen LogP contribution in [0.5, 0.6) is 5.75 Å². The summed E-state index contributed by atoms with van der Waals surface area (Å²) in [6.45, 7) is 2.51. The number of nitrogens with one attached hydrogen (secondary N) is 3. The monoisotopic (exact) mass is 325 g/mol. The van der Waals surface area contributed by atoms with E-state index >= 15 is 0 Å². The highest BCUT2D eigenvalue weighted by Gasteiger charge is 2.27. The van der Waals surface area contributed by atoms with Crippen molar-refractivity contribution >= 4 is 28.9 Å². The lowest BCUT2D eigenvalue weighted by Crippen LogP contribution is -2.41. The summed E-state index contributed by atoms with van der Waals surface area (Å²) >= 11 is 0. The number of carbonyl (C=O) groups is 2. The van der Waals surface area contributed by atoms with Gasteiger partial charge in [0, 0.05) is 5.69 Å². The smallest absolute Gasteiger partial charge is 0.247 e. The van der Waals surface area contributed by atoms with Crippen LogP contribution in [0, 0.1) is 0 Å². The molecule has 0 bridgehead atoms. The van der Waals surface area contributed by atoms with E-state index in [0.29, 0.717) is 12.3 Å². The molecular weight excluding hydrogens is 306 g/mol. The van der Waals surface area contributed by atoms with Crippen LogP contribution in [-0.4, -0.2) is 24.5 Å². The van der Waals surface area contributed by atoms with Crippen LogP contribution in [0.4, 0.5) is 17.1 Å². The molecule has 0 saturated heterocycles. The molecule has 0 aromatic heterocycles. The number of para-hydroxylation sites is 2. The number of ether oxygens (including phenoxy) is 1. The van der Waals surface area contributed by atoms with Gasteiger partial charge < -0.3 is 20.7 Å². The van der Waals surface area contributed by atoms with E-state index in [-0.39, 0.29) is 18.2 Å². The number of fused-ring (bicyclic) bond motifs is 1. The molecule has 2 amide bonds. The maximum atomic E-state index is 12.2. The summed E-state index contributed by atoms with van der Waals surface area (Å²) in [6.07, 6.45) is 0.0490. The van der Waals surface area contributed by atoms with Crippen LogP contribution in [0.3, 0.4) is 0 Å². The number of benzene rings is 2. The van der Waals surface area contributed by atoms with Crippen molar-refractivity contribution in [1.82, 2.24) is 0 Å². The van der Waals surface area contributed by atoms with Gasteiger partial charge in [0.25, 0.3) is 0 Å². The van der Waals surface area contributed by atoms with E-state index in [1.165, 1.54) is 0 Å². The molecule has 0 saturated carbocycles. The van der Waals surface area contributed by atoms with Crippen LogP contribution in [0.15, 0.2) is 48.5 Å². The van der Waals surface area contributed by atoms with Crippen molar-refractivity contribution in [2.45, 2.75) is 19.4 Å². The molecule has 1 aliphatic rings. The van der Waals surface area contributed by atoms with Crippen molar-refractivity contribution in [2.75, 3.05) is 22.6 Å². The SMILES string of the molecule is CCOc1ccc(NC(=O)C[C@@H]2Nc3ccccc3NC2=O)cc1. The molecule has 6 nitrogen and oxygen atoms in total.